The van der Waals surface area contributed by atoms with Crippen LogP contribution in [0.1, 0.15) is 39.6 Å². The van der Waals surface area contributed by atoms with E-state index in [2.05, 4.69) is 0 Å². The van der Waals surface area contributed by atoms with Gasteiger partial charge in [-0.1, -0.05) is 24.3 Å². The molecule has 0 unspecified atom stereocenters. The molecule has 0 aliphatic heterocycles. The number of carbonyl (C=O) groups excluding carboxylic acids is 2. The van der Waals surface area contributed by atoms with Crippen molar-refractivity contribution in [2.24, 2.45) is 0 Å². The molecule has 2 atom stereocenters. The Balaban J connectivity index is 1.49. The topological polar surface area (TPSA) is 131 Å². The average Bonchev–Trinajstić information content (AvgIpc) is 2.85. The van der Waals surface area contributed by atoms with E-state index in [1.54, 1.807) is 30.4 Å². The smallest absolute Gasteiger partial charge is 0.338 e. The molecule has 10 heteroatoms. The number of allylic oxidation sites excluding steroid dienone is 1. The summed E-state index contributed by atoms with van der Waals surface area (Å²) in [6.45, 7) is 0. The van der Waals surface area contributed by atoms with Crippen molar-refractivity contribution >= 4 is 17.6 Å². The molecule has 4 rings (SSSR count). The van der Waals surface area contributed by atoms with E-state index in [-0.39, 0.29) is 16.8 Å². The van der Waals surface area contributed by atoms with Gasteiger partial charge in [-0.25, -0.2) is 9.59 Å². The van der Waals surface area contributed by atoms with Gasteiger partial charge < -0.3 is 4.74 Å². The first-order chi connectivity index (χ1) is 16.3. The van der Waals surface area contributed by atoms with Gasteiger partial charge in [-0.2, -0.15) is 4.57 Å². The molecule has 0 saturated heterocycles. The summed E-state index contributed by atoms with van der Waals surface area (Å²) in [5, 5.41) is 10.7. The van der Waals surface area contributed by atoms with Gasteiger partial charge in [-0.15, -0.1) is 0 Å². The van der Waals surface area contributed by atoms with Crippen molar-refractivity contribution in [2.75, 3.05) is 0 Å². The second-order valence-corrected chi connectivity index (χ2v) is 7.63. The van der Waals surface area contributed by atoms with Gasteiger partial charge in [0.2, 0.25) is 0 Å². The molecule has 0 bridgehead atoms. The molecule has 0 spiro atoms. The van der Waals surface area contributed by atoms with E-state index in [1.807, 2.05) is 0 Å². The summed E-state index contributed by atoms with van der Waals surface area (Å²) < 4.78 is 7.34. The number of non-ortho nitro benzene ring substituents is 1. The van der Waals surface area contributed by atoms with Crippen LogP contribution >= 0.6 is 0 Å². The molecular weight excluding hydrogens is 442 g/mol. The van der Waals surface area contributed by atoms with E-state index < -0.39 is 40.2 Å². The van der Waals surface area contributed by atoms with E-state index in [0.717, 1.165) is 6.07 Å². The van der Waals surface area contributed by atoms with Gasteiger partial charge in [0, 0.05) is 30.0 Å². The van der Waals surface area contributed by atoms with Gasteiger partial charge in [0.25, 0.3) is 17.2 Å². The van der Waals surface area contributed by atoms with Crippen molar-refractivity contribution in [2.45, 2.75) is 25.0 Å². The molecule has 0 fully saturated rings. The van der Waals surface area contributed by atoms with Gasteiger partial charge in [0.15, 0.2) is 0 Å². The number of esters is 1. The maximum Gasteiger partial charge on any atom is 0.338 e. The van der Waals surface area contributed by atoms with Crippen LogP contribution in [0.5, 0.6) is 0 Å². The van der Waals surface area contributed by atoms with Crippen LogP contribution in [-0.4, -0.2) is 32.0 Å². The van der Waals surface area contributed by atoms with Crippen molar-refractivity contribution in [3.05, 3.63) is 121 Å². The average molecular weight is 461 g/mol. The number of nitrogens with zero attached hydrogens (tertiary/aromatic N) is 3. The lowest BCUT2D eigenvalue weighted by Crippen LogP contribution is -2.44. The third-order valence-electron chi connectivity index (χ3n) is 5.46. The molecule has 0 saturated carbocycles. The third-order valence-corrected chi connectivity index (χ3v) is 5.46. The van der Waals surface area contributed by atoms with Gasteiger partial charge >= 0.3 is 11.7 Å². The standard InChI is InChI=1S/C24H19N3O7/c28-21-14-15-25(24(31)26(21)22(29)16-4-2-1-3-5-16)18-10-12-20(13-11-18)34-23(30)17-6-8-19(9-7-17)27(32)33/h1-10,12,14-15,18,20H,11,13H2/t18-,20+/m1/s1. The largest absolute Gasteiger partial charge is 0.455 e. The zero-order chi connectivity index (χ0) is 24.2. The number of benzene rings is 2. The number of aromatic nitrogens is 2. The molecule has 1 aliphatic rings. The molecule has 172 valence electrons. The molecule has 0 radical (unpaired) electrons. The van der Waals surface area contributed by atoms with Crippen LogP contribution in [0, 0.1) is 10.1 Å². The Morgan fingerprint density at radius 1 is 0.912 bits per heavy atom. The molecule has 1 aliphatic carbocycles. The molecule has 34 heavy (non-hydrogen) atoms. The van der Waals surface area contributed by atoms with Gasteiger partial charge in [0.1, 0.15) is 6.10 Å². The molecule has 0 amide bonds. The lowest BCUT2D eigenvalue weighted by Gasteiger charge is -2.24. The highest BCUT2D eigenvalue weighted by Gasteiger charge is 2.24. The zero-order valence-electron chi connectivity index (χ0n) is 17.8. The molecule has 2 aromatic carbocycles. The highest BCUT2D eigenvalue weighted by molar-refractivity contribution is 5.95. The van der Waals surface area contributed by atoms with E-state index in [1.165, 1.54) is 47.2 Å². The Kier molecular flexibility index (Phi) is 6.30. The molecule has 10 nitrogen and oxygen atoms in total. The zero-order valence-corrected chi connectivity index (χ0v) is 17.8. The Bertz CT molecular complexity index is 1390. The van der Waals surface area contributed by atoms with Crippen LogP contribution in [0.3, 0.4) is 0 Å². The normalized spacial score (nSPS) is 17.2. The Morgan fingerprint density at radius 2 is 1.62 bits per heavy atom. The number of nitro groups is 1. The van der Waals surface area contributed by atoms with Crippen LogP contribution in [-0.2, 0) is 4.74 Å². The lowest BCUT2D eigenvalue weighted by molar-refractivity contribution is -0.384. The Hall–Kier alpha value is -4.60. The number of carbonyl (C=O) groups is 2. The van der Waals surface area contributed by atoms with Gasteiger partial charge in [0.05, 0.1) is 16.5 Å². The van der Waals surface area contributed by atoms with Crippen molar-refractivity contribution in [3.63, 3.8) is 0 Å². The predicted octanol–water partition coefficient (Wildman–Crippen LogP) is 2.72. The summed E-state index contributed by atoms with van der Waals surface area (Å²) in [5.74, 6) is -1.33. The fraction of sp³-hybridized carbons (Fsp3) is 0.167. The monoisotopic (exact) mass is 461 g/mol. The molecule has 3 aromatic rings. The van der Waals surface area contributed by atoms with Crippen LogP contribution < -0.4 is 11.2 Å². The molecular formula is C24H19N3O7. The fourth-order valence-corrected chi connectivity index (χ4v) is 3.68. The van der Waals surface area contributed by atoms with E-state index >= 15 is 0 Å². The van der Waals surface area contributed by atoms with Crippen LogP contribution in [0.4, 0.5) is 5.69 Å². The number of nitro benzene ring substituents is 1. The van der Waals surface area contributed by atoms with Crippen molar-refractivity contribution in [3.8, 4) is 0 Å². The Labute approximate surface area is 192 Å². The van der Waals surface area contributed by atoms with Crippen LogP contribution in [0.15, 0.2) is 88.6 Å². The summed E-state index contributed by atoms with van der Waals surface area (Å²) in [7, 11) is 0. The Morgan fingerprint density at radius 3 is 2.24 bits per heavy atom. The predicted molar refractivity (Wildman–Crippen MR) is 121 cm³/mol. The quantitative estimate of drug-likeness (QED) is 0.247. The second kappa shape index (κ2) is 9.49. The van der Waals surface area contributed by atoms with Crippen LogP contribution in [0.25, 0.3) is 0 Å². The minimum absolute atomic E-state index is 0.130. The van der Waals surface area contributed by atoms with Gasteiger partial charge in [-0.3, -0.25) is 24.3 Å². The first-order valence-corrected chi connectivity index (χ1v) is 10.4. The first-order valence-electron chi connectivity index (χ1n) is 10.4. The van der Waals surface area contributed by atoms with Crippen molar-refractivity contribution in [1.82, 2.24) is 9.13 Å². The highest BCUT2D eigenvalue weighted by atomic mass is 16.6. The number of ether oxygens (including phenoxy) is 1. The maximum atomic E-state index is 13.0. The second-order valence-electron chi connectivity index (χ2n) is 7.63. The minimum Gasteiger partial charge on any atom is -0.455 e. The number of hydrogen-bond acceptors (Lipinski definition) is 7. The van der Waals surface area contributed by atoms with E-state index in [0.29, 0.717) is 17.4 Å². The lowest BCUT2D eigenvalue weighted by atomic mass is 10.00. The van der Waals surface area contributed by atoms with Crippen molar-refractivity contribution in [1.29, 1.82) is 0 Å². The summed E-state index contributed by atoms with van der Waals surface area (Å²) in [4.78, 5) is 60.5. The third kappa shape index (κ3) is 4.60. The number of rotatable bonds is 5. The van der Waals surface area contributed by atoms with Crippen molar-refractivity contribution < 1.29 is 19.2 Å². The SMILES string of the molecule is O=C(O[C@H]1C=C[C@@H](n2ccc(=O)n(C(=O)c3ccccc3)c2=O)CC1)c1ccc([N+](=O)[O-])cc1. The van der Waals surface area contributed by atoms with E-state index in [4.69, 9.17) is 4.74 Å². The summed E-state index contributed by atoms with van der Waals surface area (Å²) in [5.41, 5.74) is -1.20. The summed E-state index contributed by atoms with van der Waals surface area (Å²) in [6.07, 6.45) is 4.94. The fourth-order valence-electron chi connectivity index (χ4n) is 3.68. The van der Waals surface area contributed by atoms with Gasteiger partial charge in [-0.05, 0) is 43.2 Å². The molecule has 1 heterocycles. The minimum atomic E-state index is -0.752. The molecule has 0 N–H and O–H groups in total. The summed E-state index contributed by atoms with van der Waals surface area (Å²) >= 11 is 0. The van der Waals surface area contributed by atoms with E-state index in [9.17, 15) is 29.3 Å². The maximum absolute atomic E-state index is 13.0. The molecule has 1 aromatic heterocycles. The van der Waals surface area contributed by atoms with Crippen LogP contribution in [0.2, 0.25) is 0 Å². The highest BCUT2D eigenvalue weighted by Crippen LogP contribution is 2.24. The number of hydrogen-bond donors (Lipinski definition) is 0. The summed E-state index contributed by atoms with van der Waals surface area (Å²) in [6, 6.07) is 13.9. The first kappa shape index (κ1) is 22.6.